The SMILES string of the molecule is CCOc1ccc2nc(SCC(=O)Nc3ccc(NC(C)=O)cc3)sc2c1. The summed E-state index contributed by atoms with van der Waals surface area (Å²) in [7, 11) is 0. The maximum absolute atomic E-state index is 12.2. The van der Waals surface area contributed by atoms with Crippen molar-refractivity contribution >= 4 is 56.5 Å². The van der Waals surface area contributed by atoms with Crippen LogP contribution in [0, 0.1) is 0 Å². The summed E-state index contributed by atoms with van der Waals surface area (Å²) in [5.41, 5.74) is 2.27. The number of thioether (sulfide) groups is 1. The summed E-state index contributed by atoms with van der Waals surface area (Å²) in [4.78, 5) is 27.7. The number of anilines is 2. The van der Waals surface area contributed by atoms with E-state index < -0.39 is 0 Å². The number of nitrogens with zero attached hydrogens (tertiary/aromatic N) is 1. The van der Waals surface area contributed by atoms with Crippen molar-refractivity contribution in [2.45, 2.75) is 18.2 Å². The van der Waals surface area contributed by atoms with Gasteiger partial charge in [-0.3, -0.25) is 9.59 Å². The van der Waals surface area contributed by atoms with E-state index in [4.69, 9.17) is 4.74 Å². The number of ether oxygens (including phenoxy) is 1. The normalized spacial score (nSPS) is 10.6. The lowest BCUT2D eigenvalue weighted by Gasteiger charge is -2.06. The van der Waals surface area contributed by atoms with Gasteiger partial charge in [0, 0.05) is 18.3 Å². The molecule has 0 atom stereocenters. The predicted molar refractivity (Wildman–Crippen MR) is 111 cm³/mol. The summed E-state index contributed by atoms with van der Waals surface area (Å²) >= 11 is 2.95. The zero-order valence-electron chi connectivity index (χ0n) is 14.9. The molecule has 0 unspecified atom stereocenters. The minimum atomic E-state index is -0.132. The molecule has 0 aliphatic heterocycles. The second-order valence-electron chi connectivity index (χ2n) is 5.64. The monoisotopic (exact) mass is 401 g/mol. The van der Waals surface area contributed by atoms with Gasteiger partial charge in [0.1, 0.15) is 5.75 Å². The summed E-state index contributed by atoms with van der Waals surface area (Å²) in [6, 6.07) is 12.8. The van der Waals surface area contributed by atoms with Gasteiger partial charge in [0.15, 0.2) is 4.34 Å². The van der Waals surface area contributed by atoms with Crippen LogP contribution >= 0.6 is 23.1 Å². The molecule has 1 heterocycles. The first-order valence-corrected chi connectivity index (χ1v) is 10.2. The first-order valence-electron chi connectivity index (χ1n) is 8.37. The number of carbonyl (C=O) groups excluding carboxylic acids is 2. The van der Waals surface area contributed by atoms with Gasteiger partial charge in [-0.1, -0.05) is 11.8 Å². The highest BCUT2D eigenvalue weighted by Gasteiger charge is 2.09. The summed E-state index contributed by atoms with van der Waals surface area (Å²) in [5.74, 6) is 0.852. The third kappa shape index (κ3) is 5.45. The standard InChI is InChI=1S/C19H19N3O3S2/c1-3-25-15-8-9-16-17(10-15)27-19(22-16)26-11-18(24)21-14-6-4-13(5-7-14)20-12(2)23/h4-10H,3,11H2,1-2H3,(H,20,23)(H,21,24). The van der Waals surface area contributed by atoms with Crippen LogP contribution in [-0.2, 0) is 9.59 Å². The summed E-state index contributed by atoms with van der Waals surface area (Å²) < 4.78 is 7.38. The fourth-order valence-electron chi connectivity index (χ4n) is 2.37. The Kier molecular flexibility index (Phi) is 6.31. The zero-order valence-corrected chi connectivity index (χ0v) is 16.6. The second-order valence-corrected chi connectivity index (χ2v) is 7.89. The molecule has 0 aliphatic rings. The van der Waals surface area contributed by atoms with Gasteiger partial charge in [0.05, 0.1) is 22.6 Å². The highest BCUT2D eigenvalue weighted by atomic mass is 32.2. The molecule has 0 spiro atoms. The minimum absolute atomic E-state index is 0.110. The number of thiazole rings is 1. The van der Waals surface area contributed by atoms with Gasteiger partial charge in [0.2, 0.25) is 11.8 Å². The van der Waals surface area contributed by atoms with E-state index in [1.165, 1.54) is 18.7 Å². The first kappa shape index (κ1) is 19.2. The molecule has 8 heteroatoms. The smallest absolute Gasteiger partial charge is 0.234 e. The molecular weight excluding hydrogens is 382 g/mol. The Labute approximate surface area is 165 Å². The molecule has 2 aromatic carbocycles. The molecule has 0 saturated heterocycles. The van der Waals surface area contributed by atoms with Crippen LogP contribution in [0.3, 0.4) is 0 Å². The molecular formula is C19H19N3O3S2. The van der Waals surface area contributed by atoms with Gasteiger partial charge in [0.25, 0.3) is 0 Å². The van der Waals surface area contributed by atoms with Crippen molar-refractivity contribution in [3.63, 3.8) is 0 Å². The molecule has 27 heavy (non-hydrogen) atoms. The van der Waals surface area contributed by atoms with Crippen molar-refractivity contribution in [3.05, 3.63) is 42.5 Å². The van der Waals surface area contributed by atoms with Gasteiger partial charge in [-0.15, -0.1) is 11.3 Å². The molecule has 6 nitrogen and oxygen atoms in total. The molecule has 3 rings (SSSR count). The number of fused-ring (bicyclic) bond motifs is 1. The van der Waals surface area contributed by atoms with Crippen molar-refractivity contribution < 1.29 is 14.3 Å². The summed E-state index contributed by atoms with van der Waals surface area (Å²) in [5, 5.41) is 5.52. The number of benzene rings is 2. The van der Waals surface area contributed by atoms with E-state index in [1.807, 2.05) is 25.1 Å². The lowest BCUT2D eigenvalue weighted by atomic mass is 10.3. The van der Waals surface area contributed by atoms with Crippen molar-refractivity contribution in [2.24, 2.45) is 0 Å². The van der Waals surface area contributed by atoms with Crippen LogP contribution in [0.1, 0.15) is 13.8 Å². The Hall–Kier alpha value is -2.58. The molecule has 0 saturated carbocycles. The maximum Gasteiger partial charge on any atom is 0.234 e. The molecule has 0 aliphatic carbocycles. The van der Waals surface area contributed by atoms with Crippen LogP contribution < -0.4 is 15.4 Å². The average molecular weight is 402 g/mol. The minimum Gasteiger partial charge on any atom is -0.494 e. The highest BCUT2D eigenvalue weighted by molar-refractivity contribution is 8.01. The Morgan fingerprint density at radius 1 is 1.11 bits per heavy atom. The van der Waals surface area contributed by atoms with Gasteiger partial charge in [-0.25, -0.2) is 4.98 Å². The number of hydrogen-bond donors (Lipinski definition) is 2. The van der Waals surface area contributed by atoms with Crippen molar-refractivity contribution in [2.75, 3.05) is 23.0 Å². The summed E-state index contributed by atoms with van der Waals surface area (Å²) in [6.45, 7) is 4.02. The molecule has 2 amide bonds. The van der Waals surface area contributed by atoms with E-state index in [0.29, 0.717) is 18.0 Å². The van der Waals surface area contributed by atoms with E-state index in [1.54, 1.807) is 35.6 Å². The van der Waals surface area contributed by atoms with Crippen molar-refractivity contribution in [3.8, 4) is 5.75 Å². The van der Waals surface area contributed by atoms with E-state index in [-0.39, 0.29) is 17.6 Å². The Morgan fingerprint density at radius 2 is 1.81 bits per heavy atom. The molecule has 0 fully saturated rings. The number of nitrogens with one attached hydrogen (secondary N) is 2. The molecule has 140 valence electrons. The number of carbonyl (C=O) groups is 2. The molecule has 0 bridgehead atoms. The number of aromatic nitrogens is 1. The maximum atomic E-state index is 12.2. The average Bonchev–Trinajstić information content (AvgIpc) is 3.04. The predicted octanol–water partition coefficient (Wildman–Crippen LogP) is 4.38. The Bertz CT molecular complexity index is 954. The fraction of sp³-hybridized carbons (Fsp3) is 0.211. The van der Waals surface area contributed by atoms with E-state index in [0.717, 1.165) is 20.3 Å². The fourth-order valence-corrected chi connectivity index (χ4v) is 4.26. The van der Waals surface area contributed by atoms with Gasteiger partial charge in [-0.2, -0.15) is 0 Å². The van der Waals surface area contributed by atoms with Crippen molar-refractivity contribution in [1.82, 2.24) is 4.98 Å². The third-order valence-corrected chi connectivity index (χ3v) is 5.63. The third-order valence-electron chi connectivity index (χ3n) is 3.47. The van der Waals surface area contributed by atoms with Crippen LogP contribution in [0.15, 0.2) is 46.8 Å². The van der Waals surface area contributed by atoms with Crippen LogP contribution in [0.5, 0.6) is 5.75 Å². The lowest BCUT2D eigenvalue weighted by Crippen LogP contribution is -2.14. The Balaban J connectivity index is 1.55. The zero-order chi connectivity index (χ0) is 19.2. The number of amides is 2. The molecule has 3 aromatic rings. The van der Waals surface area contributed by atoms with Crippen LogP contribution in [0.4, 0.5) is 11.4 Å². The number of hydrogen-bond acceptors (Lipinski definition) is 6. The van der Waals surface area contributed by atoms with Gasteiger partial charge < -0.3 is 15.4 Å². The van der Waals surface area contributed by atoms with E-state index in [2.05, 4.69) is 15.6 Å². The lowest BCUT2D eigenvalue weighted by molar-refractivity contribution is -0.114. The molecule has 0 radical (unpaired) electrons. The van der Waals surface area contributed by atoms with Crippen molar-refractivity contribution in [1.29, 1.82) is 0 Å². The van der Waals surface area contributed by atoms with Crippen LogP contribution in [0.25, 0.3) is 10.2 Å². The first-order chi connectivity index (χ1) is 13.0. The topological polar surface area (TPSA) is 80.3 Å². The van der Waals surface area contributed by atoms with Gasteiger partial charge in [-0.05, 0) is 49.4 Å². The number of rotatable bonds is 7. The molecule has 1 aromatic heterocycles. The second kappa shape index (κ2) is 8.88. The quantitative estimate of drug-likeness (QED) is 0.574. The Morgan fingerprint density at radius 3 is 2.48 bits per heavy atom. The molecule has 2 N–H and O–H groups in total. The highest BCUT2D eigenvalue weighted by Crippen LogP contribution is 2.32. The largest absolute Gasteiger partial charge is 0.494 e. The van der Waals surface area contributed by atoms with Gasteiger partial charge >= 0.3 is 0 Å². The van der Waals surface area contributed by atoms with Crippen LogP contribution in [0.2, 0.25) is 0 Å². The van der Waals surface area contributed by atoms with Crippen LogP contribution in [-0.4, -0.2) is 29.2 Å². The van der Waals surface area contributed by atoms with E-state index in [9.17, 15) is 9.59 Å². The van der Waals surface area contributed by atoms with E-state index >= 15 is 0 Å². The summed E-state index contributed by atoms with van der Waals surface area (Å²) in [6.07, 6.45) is 0.